The molecule has 0 bridgehead atoms. The first-order chi connectivity index (χ1) is 17.6. The quantitative estimate of drug-likeness (QED) is 0.381. The van der Waals surface area contributed by atoms with E-state index in [9.17, 15) is 0 Å². The van der Waals surface area contributed by atoms with Crippen molar-refractivity contribution in [2.75, 3.05) is 46.4 Å². The Morgan fingerprint density at radius 1 is 0.861 bits per heavy atom. The minimum absolute atomic E-state index is 0.127. The van der Waals surface area contributed by atoms with E-state index >= 15 is 0 Å². The monoisotopic (exact) mass is 508 g/mol. The van der Waals surface area contributed by atoms with E-state index in [0.29, 0.717) is 24.1 Å². The van der Waals surface area contributed by atoms with Crippen molar-refractivity contribution in [3.05, 3.63) is 71.8 Å². The molecule has 190 valence electrons. The van der Waals surface area contributed by atoms with E-state index in [1.807, 2.05) is 61.5 Å². The molecule has 3 aromatic carbocycles. The molecule has 0 amide bonds. The van der Waals surface area contributed by atoms with Gasteiger partial charge >= 0.3 is 0 Å². The SMILES string of the molecule is CCOc1ccc(NC(=S)N2CCc3cc(OC)c(OC)cc3[C@H]2COc2ccc(OC)cc2)cc1. The Morgan fingerprint density at radius 3 is 2.11 bits per heavy atom. The number of ether oxygens (including phenoxy) is 5. The molecule has 0 unspecified atom stereocenters. The molecule has 0 saturated heterocycles. The molecule has 1 heterocycles. The molecule has 0 radical (unpaired) electrons. The van der Waals surface area contributed by atoms with E-state index < -0.39 is 0 Å². The summed E-state index contributed by atoms with van der Waals surface area (Å²) >= 11 is 5.88. The van der Waals surface area contributed by atoms with Gasteiger partial charge in [0.05, 0.1) is 34.0 Å². The fraction of sp³-hybridized carbons (Fsp3) is 0.321. The van der Waals surface area contributed by atoms with E-state index in [0.717, 1.165) is 47.2 Å². The van der Waals surface area contributed by atoms with Crippen LogP contribution in [-0.2, 0) is 6.42 Å². The number of rotatable bonds is 9. The molecule has 8 heteroatoms. The van der Waals surface area contributed by atoms with Crippen molar-refractivity contribution in [2.24, 2.45) is 0 Å². The zero-order valence-electron chi connectivity index (χ0n) is 21.1. The molecule has 3 aromatic rings. The Kier molecular flexibility index (Phi) is 8.38. The zero-order valence-corrected chi connectivity index (χ0v) is 21.9. The summed E-state index contributed by atoms with van der Waals surface area (Å²) in [7, 11) is 4.94. The average molecular weight is 509 g/mol. The van der Waals surface area contributed by atoms with Gasteiger partial charge in [-0.1, -0.05) is 0 Å². The first-order valence-electron chi connectivity index (χ1n) is 11.9. The van der Waals surface area contributed by atoms with Crippen molar-refractivity contribution >= 4 is 23.0 Å². The zero-order chi connectivity index (χ0) is 25.5. The lowest BCUT2D eigenvalue weighted by molar-refractivity contribution is 0.190. The van der Waals surface area contributed by atoms with E-state index in [4.69, 9.17) is 35.9 Å². The molecule has 0 aromatic heterocycles. The molecule has 0 fully saturated rings. The largest absolute Gasteiger partial charge is 0.497 e. The first kappa shape index (κ1) is 25.4. The molecule has 36 heavy (non-hydrogen) atoms. The predicted molar refractivity (Wildman–Crippen MR) is 145 cm³/mol. The third-order valence-electron chi connectivity index (χ3n) is 6.15. The van der Waals surface area contributed by atoms with E-state index in [1.165, 1.54) is 5.56 Å². The van der Waals surface area contributed by atoms with Crippen LogP contribution in [0.3, 0.4) is 0 Å². The summed E-state index contributed by atoms with van der Waals surface area (Å²) in [6.07, 6.45) is 0.819. The van der Waals surface area contributed by atoms with Gasteiger partial charge in [0.1, 0.15) is 23.9 Å². The van der Waals surface area contributed by atoms with Crippen LogP contribution in [0.5, 0.6) is 28.7 Å². The molecule has 0 spiro atoms. The molecule has 1 N–H and O–H groups in total. The van der Waals surface area contributed by atoms with Crippen molar-refractivity contribution < 1.29 is 23.7 Å². The van der Waals surface area contributed by atoms with Gasteiger partial charge in [-0.05, 0) is 97.4 Å². The molecule has 4 rings (SSSR count). The van der Waals surface area contributed by atoms with Gasteiger partial charge in [0.15, 0.2) is 16.6 Å². The lowest BCUT2D eigenvalue weighted by Crippen LogP contribution is -2.44. The number of nitrogens with zero attached hydrogens (tertiary/aromatic N) is 1. The number of nitrogens with one attached hydrogen (secondary N) is 1. The third kappa shape index (κ3) is 5.76. The summed E-state index contributed by atoms with van der Waals surface area (Å²) in [5, 5.41) is 4.01. The van der Waals surface area contributed by atoms with Crippen LogP contribution in [-0.4, -0.2) is 51.1 Å². The van der Waals surface area contributed by atoms with Crippen LogP contribution in [0.25, 0.3) is 0 Å². The summed E-state index contributed by atoms with van der Waals surface area (Å²) in [5.41, 5.74) is 3.19. The highest BCUT2D eigenvalue weighted by Crippen LogP contribution is 2.39. The van der Waals surface area contributed by atoms with Crippen LogP contribution in [0.1, 0.15) is 24.1 Å². The fourth-order valence-electron chi connectivity index (χ4n) is 4.29. The molecule has 0 aliphatic carbocycles. The van der Waals surface area contributed by atoms with E-state index in [1.54, 1.807) is 21.3 Å². The van der Waals surface area contributed by atoms with Crippen LogP contribution < -0.4 is 29.0 Å². The number of anilines is 1. The normalized spacial score (nSPS) is 14.4. The fourth-order valence-corrected chi connectivity index (χ4v) is 4.63. The number of methoxy groups -OCH3 is 3. The van der Waals surface area contributed by atoms with Crippen molar-refractivity contribution in [1.82, 2.24) is 4.90 Å². The maximum atomic E-state index is 6.23. The second kappa shape index (κ2) is 11.9. The Morgan fingerprint density at radius 2 is 1.47 bits per heavy atom. The Bertz CT molecular complexity index is 1170. The second-order valence-electron chi connectivity index (χ2n) is 8.24. The van der Waals surface area contributed by atoms with Gasteiger partial charge in [-0.3, -0.25) is 0 Å². The number of hydrogen-bond acceptors (Lipinski definition) is 6. The number of hydrogen-bond donors (Lipinski definition) is 1. The predicted octanol–water partition coefficient (Wildman–Crippen LogP) is 5.49. The second-order valence-corrected chi connectivity index (χ2v) is 8.63. The average Bonchev–Trinajstić information content (AvgIpc) is 2.92. The van der Waals surface area contributed by atoms with E-state index in [2.05, 4.69) is 16.3 Å². The summed E-state index contributed by atoms with van der Waals surface area (Å²) in [6.45, 7) is 3.73. The lowest BCUT2D eigenvalue weighted by Gasteiger charge is -2.39. The van der Waals surface area contributed by atoms with Crippen molar-refractivity contribution in [2.45, 2.75) is 19.4 Å². The molecular formula is C28H32N2O5S. The van der Waals surface area contributed by atoms with Crippen molar-refractivity contribution in [3.63, 3.8) is 0 Å². The van der Waals surface area contributed by atoms with Gasteiger partial charge in [-0.25, -0.2) is 0 Å². The number of fused-ring (bicyclic) bond motifs is 1. The summed E-state index contributed by atoms with van der Waals surface area (Å²) in [4.78, 5) is 2.17. The summed E-state index contributed by atoms with van der Waals surface area (Å²) in [5.74, 6) is 3.76. The van der Waals surface area contributed by atoms with Crippen LogP contribution in [0.15, 0.2) is 60.7 Å². The first-order valence-corrected chi connectivity index (χ1v) is 12.3. The highest BCUT2D eigenvalue weighted by molar-refractivity contribution is 7.80. The van der Waals surface area contributed by atoms with Crippen LogP contribution >= 0.6 is 12.2 Å². The Labute approximate surface area is 217 Å². The topological polar surface area (TPSA) is 61.4 Å². The van der Waals surface area contributed by atoms with E-state index in [-0.39, 0.29) is 6.04 Å². The molecular weight excluding hydrogens is 476 g/mol. The standard InChI is InChI=1S/C28H32N2O5S/c1-5-34-22-8-6-20(7-9-22)29-28(36)30-15-14-19-16-26(32-3)27(33-4)17-24(19)25(30)18-35-23-12-10-21(31-2)11-13-23/h6-13,16-17,25H,5,14-15,18H2,1-4H3,(H,29,36)/t25-/m1/s1. The Hall–Kier alpha value is -3.65. The van der Waals surface area contributed by atoms with Gasteiger partial charge < -0.3 is 33.9 Å². The smallest absolute Gasteiger partial charge is 0.174 e. The molecule has 1 aliphatic heterocycles. The Balaban J connectivity index is 1.59. The van der Waals surface area contributed by atoms with Crippen molar-refractivity contribution in [1.29, 1.82) is 0 Å². The van der Waals surface area contributed by atoms with Crippen molar-refractivity contribution in [3.8, 4) is 28.7 Å². The van der Waals surface area contributed by atoms with Gasteiger partial charge in [-0.15, -0.1) is 0 Å². The highest BCUT2D eigenvalue weighted by Gasteiger charge is 2.31. The highest BCUT2D eigenvalue weighted by atomic mass is 32.1. The minimum Gasteiger partial charge on any atom is -0.497 e. The lowest BCUT2D eigenvalue weighted by atomic mass is 9.92. The maximum absolute atomic E-state index is 6.23. The summed E-state index contributed by atoms with van der Waals surface area (Å²) in [6, 6.07) is 19.3. The molecule has 7 nitrogen and oxygen atoms in total. The third-order valence-corrected chi connectivity index (χ3v) is 6.48. The van der Waals surface area contributed by atoms with Crippen LogP contribution in [0, 0.1) is 0 Å². The molecule has 1 aliphatic rings. The van der Waals surface area contributed by atoms with Gasteiger partial charge in [0.25, 0.3) is 0 Å². The van der Waals surface area contributed by atoms with Gasteiger partial charge in [0.2, 0.25) is 0 Å². The van der Waals surface area contributed by atoms with Gasteiger partial charge in [0, 0.05) is 12.2 Å². The molecule has 0 saturated carbocycles. The van der Waals surface area contributed by atoms with Crippen LogP contribution in [0.4, 0.5) is 5.69 Å². The van der Waals surface area contributed by atoms with Gasteiger partial charge in [-0.2, -0.15) is 0 Å². The molecule has 1 atom stereocenters. The van der Waals surface area contributed by atoms with Crippen LogP contribution in [0.2, 0.25) is 0 Å². The summed E-state index contributed by atoms with van der Waals surface area (Å²) < 4.78 is 28.2. The minimum atomic E-state index is -0.127. The maximum Gasteiger partial charge on any atom is 0.174 e. The number of thiocarbonyl (C=S) groups is 1. The number of benzene rings is 3.